The number of benzene rings is 4. The highest BCUT2D eigenvalue weighted by molar-refractivity contribution is 6.22. The predicted molar refractivity (Wildman–Crippen MR) is 149 cm³/mol. The van der Waals surface area contributed by atoms with E-state index in [0.717, 1.165) is 23.0 Å². The van der Waals surface area contributed by atoms with Crippen LogP contribution in [0.4, 0.5) is 17.1 Å². The molecule has 36 heavy (non-hydrogen) atoms. The van der Waals surface area contributed by atoms with Crippen LogP contribution in [-0.4, -0.2) is 17.0 Å². The van der Waals surface area contributed by atoms with Crippen LogP contribution in [0.2, 0.25) is 0 Å². The van der Waals surface area contributed by atoms with E-state index in [2.05, 4.69) is 116 Å². The summed E-state index contributed by atoms with van der Waals surface area (Å²) < 4.78 is 0. The van der Waals surface area contributed by atoms with Crippen molar-refractivity contribution in [1.29, 1.82) is 5.26 Å². The van der Waals surface area contributed by atoms with Gasteiger partial charge in [-0.05, 0) is 80.3 Å². The van der Waals surface area contributed by atoms with E-state index in [1.54, 1.807) is 0 Å². The molecule has 0 unspecified atom stereocenters. The van der Waals surface area contributed by atoms with Crippen LogP contribution in [0.5, 0.6) is 0 Å². The molecule has 0 fully saturated rings. The summed E-state index contributed by atoms with van der Waals surface area (Å²) in [6.45, 7) is 8.90. The Labute approximate surface area is 212 Å². The van der Waals surface area contributed by atoms with Crippen molar-refractivity contribution in [1.82, 2.24) is 0 Å². The lowest BCUT2D eigenvalue weighted by atomic mass is 9.83. The molecule has 176 valence electrons. The molecule has 6 rings (SSSR count). The van der Waals surface area contributed by atoms with Gasteiger partial charge in [0.2, 0.25) is 5.96 Å². The zero-order chi connectivity index (χ0) is 25.1. The van der Waals surface area contributed by atoms with E-state index in [9.17, 15) is 5.26 Å². The average Bonchev–Trinajstić information content (AvgIpc) is 3.31. The lowest BCUT2D eigenvalue weighted by Crippen LogP contribution is -2.53. The minimum atomic E-state index is -0.289. The average molecular weight is 469 g/mol. The van der Waals surface area contributed by atoms with Crippen LogP contribution >= 0.6 is 0 Å². The summed E-state index contributed by atoms with van der Waals surface area (Å²) in [6.07, 6.45) is 0. The van der Waals surface area contributed by atoms with Gasteiger partial charge in [-0.25, -0.2) is 4.99 Å². The third kappa shape index (κ3) is 3.17. The van der Waals surface area contributed by atoms with Crippen LogP contribution in [-0.2, 0) is 0 Å². The molecule has 0 atom stereocenters. The number of nitriles is 1. The van der Waals surface area contributed by atoms with Gasteiger partial charge in [0.25, 0.3) is 0 Å². The Morgan fingerprint density at radius 3 is 2.11 bits per heavy atom. The topological polar surface area (TPSA) is 42.6 Å². The fraction of sp³-hybridized carbons (Fsp3) is 0.188. The monoisotopic (exact) mass is 468 g/mol. The van der Waals surface area contributed by atoms with E-state index in [0.29, 0.717) is 5.56 Å². The van der Waals surface area contributed by atoms with Crippen LogP contribution in [0.3, 0.4) is 0 Å². The fourth-order valence-electron chi connectivity index (χ4n) is 5.26. The molecule has 0 spiro atoms. The van der Waals surface area contributed by atoms with E-state index < -0.39 is 0 Å². The summed E-state index contributed by atoms with van der Waals surface area (Å²) in [6, 6.07) is 35.8. The molecule has 4 aromatic rings. The molecule has 2 aliphatic rings. The fourth-order valence-corrected chi connectivity index (χ4v) is 5.26. The predicted octanol–water partition coefficient (Wildman–Crippen LogP) is 7.78. The maximum atomic E-state index is 9.53. The number of rotatable bonds is 3. The van der Waals surface area contributed by atoms with E-state index in [-0.39, 0.29) is 11.1 Å². The Morgan fingerprint density at radius 1 is 0.694 bits per heavy atom. The second-order valence-electron chi connectivity index (χ2n) is 10.5. The van der Waals surface area contributed by atoms with Crippen molar-refractivity contribution in [2.24, 2.45) is 4.99 Å². The van der Waals surface area contributed by atoms with Crippen molar-refractivity contribution < 1.29 is 0 Å². The van der Waals surface area contributed by atoms with Gasteiger partial charge in [-0.15, -0.1) is 0 Å². The summed E-state index contributed by atoms with van der Waals surface area (Å²) in [5.74, 6) is 0.906. The molecular formula is C32H28N4. The second kappa shape index (κ2) is 7.83. The Hall–Kier alpha value is -4.36. The van der Waals surface area contributed by atoms with Crippen LogP contribution in [0.15, 0.2) is 102 Å². The molecule has 0 amide bonds. The standard InChI is InChI=1S/C32H28N4/c1-31(2)32(3,4)36-29-20-24(27-16-9-8-15-26(27)23-12-6-5-7-13-23)17-18-28(29)35(30(36)34-31)25-14-10-11-22(19-25)21-33/h5-20H,1-4H3. The van der Waals surface area contributed by atoms with Crippen LogP contribution < -0.4 is 9.80 Å². The lowest BCUT2D eigenvalue weighted by Gasteiger charge is -2.39. The minimum absolute atomic E-state index is 0.240. The molecule has 0 aliphatic carbocycles. The summed E-state index contributed by atoms with van der Waals surface area (Å²) in [5, 5.41) is 9.53. The first-order valence-corrected chi connectivity index (χ1v) is 12.3. The first kappa shape index (κ1) is 22.1. The van der Waals surface area contributed by atoms with Gasteiger partial charge in [-0.3, -0.25) is 4.90 Å². The van der Waals surface area contributed by atoms with Gasteiger partial charge >= 0.3 is 0 Å². The number of fused-ring (bicyclic) bond motifs is 3. The van der Waals surface area contributed by atoms with Gasteiger partial charge in [0.1, 0.15) is 0 Å². The van der Waals surface area contributed by atoms with E-state index >= 15 is 0 Å². The van der Waals surface area contributed by atoms with Gasteiger partial charge in [0.05, 0.1) is 39.8 Å². The van der Waals surface area contributed by atoms with Gasteiger partial charge < -0.3 is 4.90 Å². The van der Waals surface area contributed by atoms with Gasteiger partial charge in [0, 0.05) is 0 Å². The van der Waals surface area contributed by atoms with Crippen LogP contribution in [0.1, 0.15) is 33.3 Å². The lowest BCUT2D eigenvalue weighted by molar-refractivity contribution is 0.338. The number of hydrogen-bond acceptors (Lipinski definition) is 4. The van der Waals surface area contributed by atoms with E-state index in [1.807, 2.05) is 24.3 Å². The highest BCUT2D eigenvalue weighted by Crippen LogP contribution is 2.53. The molecule has 2 aliphatic heterocycles. The van der Waals surface area contributed by atoms with Crippen LogP contribution in [0, 0.1) is 11.3 Å². The molecule has 0 radical (unpaired) electrons. The molecule has 0 saturated carbocycles. The van der Waals surface area contributed by atoms with Crippen molar-refractivity contribution in [2.75, 3.05) is 9.80 Å². The number of guanidine groups is 1. The normalized spacial score (nSPS) is 16.8. The third-order valence-electron chi connectivity index (χ3n) is 7.85. The molecule has 4 aromatic carbocycles. The third-order valence-corrected chi connectivity index (χ3v) is 7.85. The number of aliphatic imine (C=N–C) groups is 1. The maximum absolute atomic E-state index is 9.53. The van der Waals surface area contributed by atoms with E-state index in [1.165, 1.54) is 22.3 Å². The maximum Gasteiger partial charge on any atom is 0.211 e. The first-order valence-electron chi connectivity index (χ1n) is 12.3. The zero-order valence-corrected chi connectivity index (χ0v) is 21.0. The molecule has 0 aromatic heterocycles. The van der Waals surface area contributed by atoms with Gasteiger partial charge in [-0.2, -0.15) is 5.26 Å². The van der Waals surface area contributed by atoms with Crippen molar-refractivity contribution in [3.05, 3.63) is 103 Å². The number of anilines is 3. The Morgan fingerprint density at radius 2 is 1.39 bits per heavy atom. The minimum Gasteiger partial charge on any atom is -0.302 e. The van der Waals surface area contributed by atoms with Crippen molar-refractivity contribution in [3.63, 3.8) is 0 Å². The number of nitrogens with zero attached hydrogens (tertiary/aromatic N) is 4. The largest absolute Gasteiger partial charge is 0.302 e. The van der Waals surface area contributed by atoms with E-state index in [4.69, 9.17) is 4.99 Å². The highest BCUT2D eigenvalue weighted by atomic mass is 15.5. The molecule has 4 nitrogen and oxygen atoms in total. The van der Waals surface area contributed by atoms with Crippen LogP contribution in [0.25, 0.3) is 22.3 Å². The van der Waals surface area contributed by atoms with Crippen molar-refractivity contribution in [2.45, 2.75) is 38.8 Å². The quantitative estimate of drug-likeness (QED) is 0.308. The summed E-state index contributed by atoms with van der Waals surface area (Å²) in [4.78, 5) is 9.78. The SMILES string of the molecule is CC1(C)N=C2N(c3cccc(C#N)c3)c3ccc(-c4ccccc4-c4ccccc4)cc3N2C1(C)C. The second-order valence-corrected chi connectivity index (χ2v) is 10.5. The Bertz CT molecular complexity index is 1560. The Kier molecular flexibility index (Phi) is 4.81. The number of hydrogen-bond donors (Lipinski definition) is 0. The smallest absolute Gasteiger partial charge is 0.211 e. The summed E-state index contributed by atoms with van der Waals surface area (Å²) >= 11 is 0. The van der Waals surface area contributed by atoms with Gasteiger partial charge in [-0.1, -0.05) is 66.7 Å². The summed E-state index contributed by atoms with van der Waals surface area (Å²) in [5.41, 5.74) is 8.05. The first-order chi connectivity index (χ1) is 17.3. The van der Waals surface area contributed by atoms with Crippen molar-refractivity contribution in [3.8, 4) is 28.3 Å². The molecule has 0 saturated heterocycles. The molecule has 0 bridgehead atoms. The summed E-state index contributed by atoms with van der Waals surface area (Å²) in [7, 11) is 0. The zero-order valence-electron chi connectivity index (χ0n) is 21.0. The molecule has 0 N–H and O–H groups in total. The van der Waals surface area contributed by atoms with Gasteiger partial charge in [0.15, 0.2) is 0 Å². The molecular weight excluding hydrogens is 440 g/mol. The highest BCUT2D eigenvalue weighted by Gasteiger charge is 2.55. The Balaban J connectivity index is 1.56. The van der Waals surface area contributed by atoms with Crippen molar-refractivity contribution >= 4 is 23.0 Å². The molecule has 2 heterocycles. The molecule has 4 heteroatoms.